The molecule has 0 saturated carbocycles. The highest BCUT2D eigenvalue weighted by molar-refractivity contribution is 8.00. The van der Waals surface area contributed by atoms with Crippen LogP contribution in [0.4, 0.5) is 5.69 Å². The van der Waals surface area contributed by atoms with Crippen LogP contribution in [-0.2, 0) is 11.8 Å². The van der Waals surface area contributed by atoms with Crippen molar-refractivity contribution in [1.82, 2.24) is 9.55 Å². The summed E-state index contributed by atoms with van der Waals surface area (Å²) < 4.78 is 2.06. The summed E-state index contributed by atoms with van der Waals surface area (Å²) in [4.78, 5) is 20.8. The smallest absolute Gasteiger partial charge is 0.237 e. The number of hydrogen-bond donors (Lipinski definition) is 0. The third-order valence-corrected chi connectivity index (χ3v) is 6.87. The number of amides is 1. The number of anilines is 1. The number of carbonyl (C=O) groups excluding carboxylic acids is 1. The molecule has 1 aliphatic rings. The van der Waals surface area contributed by atoms with Crippen LogP contribution in [0.25, 0.3) is 11.0 Å². The summed E-state index contributed by atoms with van der Waals surface area (Å²) in [5, 5.41) is 1.40. The lowest BCUT2D eigenvalue weighted by molar-refractivity contribution is -0.116. The fourth-order valence-corrected chi connectivity index (χ4v) is 5.18. The first-order chi connectivity index (χ1) is 12.6. The molecule has 0 aliphatic carbocycles. The molecule has 2 heterocycles. The van der Waals surface area contributed by atoms with E-state index < -0.39 is 0 Å². The molecule has 0 radical (unpaired) electrons. The lowest BCUT2D eigenvalue weighted by atomic mass is 10.2. The Morgan fingerprint density at radius 1 is 1.23 bits per heavy atom. The summed E-state index contributed by atoms with van der Waals surface area (Å²) in [7, 11) is 2.00. The third kappa shape index (κ3) is 3.35. The number of aromatic nitrogens is 2. The van der Waals surface area contributed by atoms with Crippen LogP contribution >= 0.6 is 23.5 Å². The normalized spacial score (nSPS) is 17.2. The first kappa shape index (κ1) is 17.5. The summed E-state index contributed by atoms with van der Waals surface area (Å²) in [5.74, 6) is 0.536. The fraction of sp³-hybridized carbons (Fsp3) is 0.300. The Labute approximate surface area is 162 Å². The van der Waals surface area contributed by atoms with Crippen molar-refractivity contribution in [3.05, 3.63) is 48.5 Å². The van der Waals surface area contributed by atoms with Crippen molar-refractivity contribution < 1.29 is 4.79 Å². The summed E-state index contributed by atoms with van der Waals surface area (Å²) in [6.07, 6.45) is 1.00. The molecule has 0 spiro atoms. The predicted octanol–water partition coefficient (Wildman–Crippen LogP) is 4.58. The molecule has 1 amide bonds. The van der Waals surface area contributed by atoms with E-state index >= 15 is 0 Å². The Balaban J connectivity index is 1.53. The standard InChI is InChI=1S/C20H21N3OS2/c1-14-11-12-23(17-9-5-6-10-18(17)26-14)19(24)13-25-20-21-15-7-3-4-8-16(15)22(20)2/h3-10,14H,11-13H2,1-2H3/t14-/m1/s1. The highest BCUT2D eigenvalue weighted by Crippen LogP contribution is 2.37. The minimum absolute atomic E-state index is 0.143. The monoisotopic (exact) mass is 383 g/mol. The number of carbonyl (C=O) groups is 1. The van der Waals surface area contributed by atoms with E-state index in [-0.39, 0.29) is 5.91 Å². The second-order valence-corrected chi connectivity index (χ2v) is 8.88. The first-order valence-corrected chi connectivity index (χ1v) is 10.6. The van der Waals surface area contributed by atoms with Gasteiger partial charge in [-0.15, -0.1) is 11.8 Å². The molecule has 0 bridgehead atoms. The number of aryl methyl sites for hydroxylation is 1. The van der Waals surface area contributed by atoms with Gasteiger partial charge >= 0.3 is 0 Å². The van der Waals surface area contributed by atoms with Crippen LogP contribution in [-0.4, -0.2) is 33.0 Å². The maximum Gasteiger partial charge on any atom is 0.237 e. The molecule has 0 unspecified atom stereocenters. The van der Waals surface area contributed by atoms with Gasteiger partial charge in [-0.05, 0) is 30.7 Å². The summed E-state index contributed by atoms with van der Waals surface area (Å²) in [5.41, 5.74) is 3.10. The molecule has 3 aromatic rings. The molecule has 0 N–H and O–H groups in total. The van der Waals surface area contributed by atoms with E-state index in [1.54, 1.807) is 0 Å². The summed E-state index contributed by atoms with van der Waals surface area (Å²) in [6, 6.07) is 16.3. The summed E-state index contributed by atoms with van der Waals surface area (Å²) >= 11 is 3.37. The molecular weight excluding hydrogens is 362 g/mol. The van der Waals surface area contributed by atoms with E-state index in [2.05, 4.69) is 34.7 Å². The predicted molar refractivity (Wildman–Crippen MR) is 110 cm³/mol. The van der Waals surface area contributed by atoms with Crippen molar-refractivity contribution in [2.24, 2.45) is 7.05 Å². The van der Waals surface area contributed by atoms with Gasteiger partial charge in [-0.2, -0.15) is 0 Å². The van der Waals surface area contributed by atoms with Crippen molar-refractivity contribution in [1.29, 1.82) is 0 Å². The molecule has 1 aliphatic heterocycles. The van der Waals surface area contributed by atoms with Gasteiger partial charge in [-0.3, -0.25) is 4.79 Å². The largest absolute Gasteiger partial charge is 0.322 e. The highest BCUT2D eigenvalue weighted by Gasteiger charge is 2.24. The topological polar surface area (TPSA) is 38.1 Å². The molecule has 134 valence electrons. The van der Waals surface area contributed by atoms with Crippen LogP contribution in [0.3, 0.4) is 0 Å². The highest BCUT2D eigenvalue weighted by atomic mass is 32.2. The van der Waals surface area contributed by atoms with Crippen molar-refractivity contribution in [2.75, 3.05) is 17.2 Å². The number of hydrogen-bond acceptors (Lipinski definition) is 4. The average Bonchev–Trinajstić information content (AvgIpc) is 2.86. The Morgan fingerprint density at radius 3 is 2.85 bits per heavy atom. The number of benzene rings is 2. The molecule has 1 aromatic heterocycles. The minimum Gasteiger partial charge on any atom is -0.322 e. The third-order valence-electron chi connectivity index (χ3n) is 4.62. The SMILES string of the molecule is C[C@@H]1CCN(C(=O)CSc2nc3ccccc3n2C)c2ccccc2S1. The van der Waals surface area contributed by atoms with Crippen molar-refractivity contribution in [3.63, 3.8) is 0 Å². The maximum atomic E-state index is 13.0. The minimum atomic E-state index is 0.143. The molecule has 1 atom stereocenters. The number of para-hydroxylation sites is 3. The van der Waals surface area contributed by atoms with Gasteiger partial charge in [0.25, 0.3) is 0 Å². The number of thioether (sulfide) groups is 2. The summed E-state index contributed by atoms with van der Waals surface area (Å²) in [6.45, 7) is 3.00. The van der Waals surface area contributed by atoms with Gasteiger partial charge in [0.05, 0.1) is 22.5 Å². The second kappa shape index (κ2) is 7.37. The van der Waals surface area contributed by atoms with Gasteiger partial charge in [0, 0.05) is 23.7 Å². The lowest BCUT2D eigenvalue weighted by Gasteiger charge is -2.22. The average molecular weight is 384 g/mol. The first-order valence-electron chi connectivity index (χ1n) is 8.74. The van der Waals surface area contributed by atoms with Crippen molar-refractivity contribution >= 4 is 46.2 Å². The maximum absolute atomic E-state index is 13.0. The molecule has 4 nitrogen and oxygen atoms in total. The van der Waals surface area contributed by atoms with E-state index in [1.165, 1.54) is 16.7 Å². The van der Waals surface area contributed by atoms with E-state index in [1.807, 2.05) is 54.0 Å². The quantitative estimate of drug-likeness (QED) is 0.621. The van der Waals surface area contributed by atoms with Crippen LogP contribution < -0.4 is 4.90 Å². The van der Waals surface area contributed by atoms with E-state index in [0.717, 1.165) is 34.8 Å². The van der Waals surface area contributed by atoms with Gasteiger partial charge in [0.15, 0.2) is 5.16 Å². The van der Waals surface area contributed by atoms with Crippen LogP contribution in [0.2, 0.25) is 0 Å². The van der Waals surface area contributed by atoms with E-state index in [4.69, 9.17) is 0 Å². The number of imidazole rings is 1. The molecule has 0 saturated heterocycles. The molecule has 26 heavy (non-hydrogen) atoms. The van der Waals surface area contributed by atoms with Crippen molar-refractivity contribution in [3.8, 4) is 0 Å². The lowest BCUT2D eigenvalue weighted by Crippen LogP contribution is -2.33. The molecule has 2 aromatic carbocycles. The van der Waals surface area contributed by atoms with Crippen LogP contribution in [0.15, 0.2) is 58.6 Å². The van der Waals surface area contributed by atoms with E-state index in [9.17, 15) is 4.79 Å². The van der Waals surface area contributed by atoms with Gasteiger partial charge < -0.3 is 9.47 Å². The molecule has 6 heteroatoms. The number of fused-ring (bicyclic) bond motifs is 2. The fourth-order valence-electron chi connectivity index (χ4n) is 3.20. The van der Waals surface area contributed by atoms with Crippen LogP contribution in [0, 0.1) is 0 Å². The number of nitrogens with zero attached hydrogens (tertiary/aromatic N) is 3. The zero-order valence-corrected chi connectivity index (χ0v) is 16.5. The van der Waals surface area contributed by atoms with Crippen LogP contribution in [0.1, 0.15) is 13.3 Å². The number of rotatable bonds is 3. The van der Waals surface area contributed by atoms with Gasteiger partial charge in [-0.1, -0.05) is 43.0 Å². The van der Waals surface area contributed by atoms with Gasteiger partial charge in [0.1, 0.15) is 0 Å². The Morgan fingerprint density at radius 2 is 2.00 bits per heavy atom. The Kier molecular flexibility index (Phi) is 4.96. The van der Waals surface area contributed by atoms with Crippen LogP contribution in [0.5, 0.6) is 0 Å². The Bertz CT molecular complexity index is 953. The zero-order valence-electron chi connectivity index (χ0n) is 14.9. The molecule has 0 fully saturated rings. The van der Waals surface area contributed by atoms with Crippen molar-refractivity contribution in [2.45, 2.75) is 28.6 Å². The van der Waals surface area contributed by atoms with Gasteiger partial charge in [0.2, 0.25) is 5.91 Å². The van der Waals surface area contributed by atoms with Gasteiger partial charge in [-0.25, -0.2) is 4.98 Å². The molecule has 4 rings (SSSR count). The van der Waals surface area contributed by atoms with E-state index in [0.29, 0.717) is 11.0 Å². The molecular formula is C20H21N3OS2. The Hall–Kier alpha value is -1.92. The second-order valence-electron chi connectivity index (χ2n) is 6.46. The zero-order chi connectivity index (χ0) is 18.1.